The van der Waals surface area contributed by atoms with Gasteiger partial charge < -0.3 is 15.0 Å². The Bertz CT molecular complexity index is 1030. The number of hydrazone groups is 1. The van der Waals surface area contributed by atoms with Crippen molar-refractivity contribution in [1.82, 2.24) is 15.0 Å². The highest BCUT2D eigenvalue weighted by atomic mass is 79.9. The molecule has 0 saturated carbocycles. The van der Waals surface area contributed by atoms with Gasteiger partial charge in [0.1, 0.15) is 0 Å². The van der Waals surface area contributed by atoms with E-state index in [4.69, 9.17) is 16.3 Å². The highest BCUT2D eigenvalue weighted by Gasteiger charge is 2.16. The fourth-order valence-corrected chi connectivity index (χ4v) is 3.31. The van der Waals surface area contributed by atoms with Crippen LogP contribution in [-0.4, -0.2) is 47.5 Å². The normalized spacial score (nSPS) is 14.1. The van der Waals surface area contributed by atoms with Crippen molar-refractivity contribution in [3.05, 3.63) is 63.6 Å². The third kappa shape index (κ3) is 5.65. The number of aromatic nitrogens is 3. The molecule has 0 spiro atoms. The van der Waals surface area contributed by atoms with E-state index >= 15 is 0 Å². The van der Waals surface area contributed by atoms with E-state index in [0.29, 0.717) is 49.2 Å². The Kier molecular flexibility index (Phi) is 6.73. The van der Waals surface area contributed by atoms with Gasteiger partial charge in [0.25, 0.3) is 0 Å². The second kappa shape index (κ2) is 9.84. The number of nitrogens with zero attached hydrogens (tertiary/aromatic N) is 5. The molecule has 0 aliphatic carbocycles. The molecule has 0 bridgehead atoms. The molecule has 1 fully saturated rings. The molecule has 30 heavy (non-hydrogen) atoms. The third-order valence-corrected chi connectivity index (χ3v) is 4.99. The van der Waals surface area contributed by atoms with Crippen LogP contribution in [-0.2, 0) is 4.74 Å². The largest absolute Gasteiger partial charge is 0.378 e. The van der Waals surface area contributed by atoms with E-state index in [1.165, 1.54) is 0 Å². The van der Waals surface area contributed by atoms with Crippen molar-refractivity contribution in [2.24, 2.45) is 5.10 Å². The van der Waals surface area contributed by atoms with Gasteiger partial charge in [0.2, 0.25) is 17.8 Å². The van der Waals surface area contributed by atoms with Crippen LogP contribution >= 0.6 is 27.5 Å². The van der Waals surface area contributed by atoms with Crippen molar-refractivity contribution in [1.29, 1.82) is 0 Å². The fraction of sp³-hybridized carbons (Fsp3) is 0.200. The maximum Gasteiger partial charge on any atom is 0.250 e. The summed E-state index contributed by atoms with van der Waals surface area (Å²) < 4.78 is 6.39. The highest BCUT2D eigenvalue weighted by molar-refractivity contribution is 9.10. The predicted octanol–water partition coefficient (Wildman–Crippen LogP) is 4.31. The van der Waals surface area contributed by atoms with Crippen LogP contribution in [0.4, 0.5) is 23.5 Å². The monoisotopic (exact) mass is 487 g/mol. The molecule has 0 atom stereocenters. The number of benzene rings is 2. The summed E-state index contributed by atoms with van der Waals surface area (Å²) in [7, 11) is 0. The second-order valence-electron chi connectivity index (χ2n) is 6.44. The van der Waals surface area contributed by atoms with E-state index in [2.05, 4.69) is 51.6 Å². The van der Waals surface area contributed by atoms with Gasteiger partial charge in [-0.05, 0) is 35.9 Å². The standard InChI is InChI=1S/C20H19BrClN7O/c21-15-2-1-3-17(12-15)24-18-25-19(27-20(26-18)29-8-10-30-11-9-29)28-23-13-14-4-6-16(22)7-5-14/h1-7,12-13H,8-11H2,(H2,24,25,26,27,28)/b23-13+. The smallest absolute Gasteiger partial charge is 0.250 e. The van der Waals surface area contributed by atoms with Crippen molar-refractivity contribution in [3.63, 3.8) is 0 Å². The molecule has 1 aliphatic heterocycles. The Morgan fingerprint density at radius 1 is 1.03 bits per heavy atom. The fourth-order valence-electron chi connectivity index (χ4n) is 2.78. The zero-order chi connectivity index (χ0) is 20.8. The van der Waals surface area contributed by atoms with Crippen LogP contribution in [0.1, 0.15) is 5.56 Å². The highest BCUT2D eigenvalue weighted by Crippen LogP contribution is 2.21. The van der Waals surface area contributed by atoms with Crippen molar-refractivity contribution >= 4 is 57.3 Å². The zero-order valence-electron chi connectivity index (χ0n) is 15.9. The summed E-state index contributed by atoms with van der Waals surface area (Å²) in [5, 5.41) is 8.14. The molecule has 1 aliphatic rings. The minimum atomic E-state index is 0.342. The van der Waals surface area contributed by atoms with Crippen molar-refractivity contribution in [2.75, 3.05) is 41.9 Å². The molecule has 0 amide bonds. The summed E-state index contributed by atoms with van der Waals surface area (Å²) in [6, 6.07) is 15.1. The number of ether oxygens (including phenoxy) is 1. The lowest BCUT2D eigenvalue weighted by Gasteiger charge is -2.27. The van der Waals surface area contributed by atoms with E-state index < -0.39 is 0 Å². The summed E-state index contributed by atoms with van der Waals surface area (Å²) >= 11 is 9.39. The average Bonchev–Trinajstić information content (AvgIpc) is 2.76. The van der Waals surface area contributed by atoms with Crippen LogP contribution in [0.2, 0.25) is 5.02 Å². The Morgan fingerprint density at radius 3 is 2.57 bits per heavy atom. The summed E-state index contributed by atoms with van der Waals surface area (Å²) in [5.41, 5.74) is 4.66. The first-order valence-electron chi connectivity index (χ1n) is 9.32. The first-order chi connectivity index (χ1) is 14.7. The quantitative estimate of drug-likeness (QED) is 0.395. The lowest BCUT2D eigenvalue weighted by Crippen LogP contribution is -2.37. The van der Waals surface area contributed by atoms with Crippen LogP contribution in [0.25, 0.3) is 0 Å². The third-order valence-electron chi connectivity index (χ3n) is 4.25. The molecule has 0 unspecified atom stereocenters. The molecule has 3 aromatic rings. The van der Waals surface area contributed by atoms with Crippen LogP contribution in [0.5, 0.6) is 0 Å². The van der Waals surface area contributed by atoms with Crippen molar-refractivity contribution in [3.8, 4) is 0 Å². The second-order valence-corrected chi connectivity index (χ2v) is 7.79. The SMILES string of the molecule is Clc1ccc(/C=N/Nc2nc(Nc3cccc(Br)c3)nc(N3CCOCC3)n2)cc1. The van der Waals surface area contributed by atoms with Gasteiger partial charge in [-0.15, -0.1) is 0 Å². The molecule has 2 aromatic carbocycles. The molecular weight excluding hydrogens is 470 g/mol. The van der Waals surface area contributed by atoms with E-state index in [0.717, 1.165) is 15.7 Å². The van der Waals surface area contributed by atoms with Gasteiger partial charge in [-0.1, -0.05) is 45.7 Å². The minimum Gasteiger partial charge on any atom is -0.378 e. The lowest BCUT2D eigenvalue weighted by atomic mass is 10.2. The molecule has 0 radical (unpaired) electrons. The number of halogens is 2. The number of nitrogens with one attached hydrogen (secondary N) is 2. The molecule has 8 nitrogen and oxygen atoms in total. The summed E-state index contributed by atoms with van der Waals surface area (Å²) in [4.78, 5) is 15.6. The van der Waals surface area contributed by atoms with E-state index in [1.54, 1.807) is 6.21 Å². The predicted molar refractivity (Wildman–Crippen MR) is 123 cm³/mol. The van der Waals surface area contributed by atoms with E-state index in [9.17, 15) is 0 Å². The number of hydrogen-bond donors (Lipinski definition) is 2. The van der Waals surface area contributed by atoms with Crippen LogP contribution < -0.4 is 15.6 Å². The minimum absolute atomic E-state index is 0.342. The summed E-state index contributed by atoms with van der Waals surface area (Å²) in [6.45, 7) is 2.71. The summed E-state index contributed by atoms with van der Waals surface area (Å²) in [5.74, 6) is 1.33. The first-order valence-corrected chi connectivity index (χ1v) is 10.5. The van der Waals surface area contributed by atoms with E-state index in [1.807, 2.05) is 48.5 Å². The van der Waals surface area contributed by atoms with Crippen LogP contribution in [0.15, 0.2) is 58.1 Å². The van der Waals surface area contributed by atoms with Crippen molar-refractivity contribution in [2.45, 2.75) is 0 Å². The maximum atomic E-state index is 5.92. The Hall–Kier alpha value is -2.75. The number of rotatable bonds is 6. The Morgan fingerprint density at radius 2 is 1.80 bits per heavy atom. The van der Waals surface area contributed by atoms with Gasteiger partial charge in [-0.2, -0.15) is 20.1 Å². The molecule has 4 rings (SSSR count). The van der Waals surface area contributed by atoms with Gasteiger partial charge in [0, 0.05) is 28.3 Å². The van der Waals surface area contributed by atoms with Gasteiger partial charge in [-0.25, -0.2) is 5.43 Å². The average molecular weight is 489 g/mol. The summed E-state index contributed by atoms with van der Waals surface area (Å²) in [6.07, 6.45) is 1.68. The zero-order valence-corrected chi connectivity index (χ0v) is 18.3. The van der Waals surface area contributed by atoms with Gasteiger partial charge in [0.15, 0.2) is 0 Å². The lowest BCUT2D eigenvalue weighted by molar-refractivity contribution is 0.122. The molecular formula is C20H19BrClN7O. The first kappa shape index (κ1) is 20.5. The number of hydrogen-bond acceptors (Lipinski definition) is 8. The Balaban J connectivity index is 1.56. The molecule has 1 saturated heterocycles. The number of morpholine rings is 1. The number of anilines is 4. The van der Waals surface area contributed by atoms with E-state index in [-0.39, 0.29) is 0 Å². The molecule has 154 valence electrons. The molecule has 1 aromatic heterocycles. The van der Waals surface area contributed by atoms with Crippen molar-refractivity contribution < 1.29 is 4.74 Å². The molecule has 10 heteroatoms. The van der Waals surface area contributed by atoms with Crippen LogP contribution in [0.3, 0.4) is 0 Å². The van der Waals surface area contributed by atoms with Crippen LogP contribution in [0, 0.1) is 0 Å². The van der Waals surface area contributed by atoms with Gasteiger partial charge in [0.05, 0.1) is 19.4 Å². The van der Waals surface area contributed by atoms with Gasteiger partial charge >= 0.3 is 0 Å². The Labute approximate surface area is 187 Å². The topological polar surface area (TPSA) is 87.6 Å². The van der Waals surface area contributed by atoms with Gasteiger partial charge in [-0.3, -0.25) is 0 Å². The molecule has 2 N–H and O–H groups in total. The maximum absolute atomic E-state index is 5.92. The molecule has 2 heterocycles.